The maximum Gasteiger partial charge on any atom is 0.338 e. The van der Waals surface area contributed by atoms with E-state index in [1.807, 2.05) is 19.1 Å². The van der Waals surface area contributed by atoms with Crippen LogP contribution >= 0.6 is 11.3 Å². The Hall–Kier alpha value is -2.41. The molecule has 0 aromatic carbocycles. The lowest BCUT2D eigenvalue weighted by Crippen LogP contribution is -2.06. The van der Waals surface area contributed by atoms with Crippen LogP contribution in [-0.4, -0.2) is 27.7 Å². The zero-order valence-electron chi connectivity index (χ0n) is 11.0. The van der Waals surface area contributed by atoms with E-state index in [4.69, 9.17) is 5.73 Å². The molecule has 0 radical (unpaired) electrons. The van der Waals surface area contributed by atoms with Crippen molar-refractivity contribution in [3.8, 4) is 10.7 Å². The number of hydrogen-bond acceptors (Lipinski definition) is 6. The van der Waals surface area contributed by atoms with Crippen LogP contribution in [-0.2, 0) is 4.74 Å². The van der Waals surface area contributed by atoms with Crippen LogP contribution in [0.15, 0.2) is 24.3 Å². The fourth-order valence-electron chi connectivity index (χ4n) is 1.90. The normalized spacial score (nSPS) is 10.9. The van der Waals surface area contributed by atoms with Gasteiger partial charge in [-0.2, -0.15) is 4.52 Å². The Morgan fingerprint density at radius 3 is 2.85 bits per heavy atom. The molecule has 20 heavy (non-hydrogen) atoms. The first kappa shape index (κ1) is 12.6. The fraction of sp³-hybridized carbons (Fsp3) is 0.154. The highest BCUT2D eigenvalue weighted by Gasteiger charge is 2.14. The predicted octanol–water partition coefficient (Wildman–Crippen LogP) is 2.14. The van der Waals surface area contributed by atoms with E-state index in [0.29, 0.717) is 22.9 Å². The maximum atomic E-state index is 11.6. The van der Waals surface area contributed by atoms with Gasteiger partial charge in [0, 0.05) is 4.88 Å². The number of fused-ring (bicyclic) bond motifs is 1. The third kappa shape index (κ3) is 2.01. The summed E-state index contributed by atoms with van der Waals surface area (Å²) >= 11 is 1.61. The van der Waals surface area contributed by atoms with Crippen LogP contribution in [0.3, 0.4) is 0 Å². The molecule has 0 saturated carbocycles. The summed E-state index contributed by atoms with van der Waals surface area (Å²) in [5.41, 5.74) is 6.78. The number of rotatable bonds is 2. The molecule has 7 heteroatoms. The summed E-state index contributed by atoms with van der Waals surface area (Å²) in [6.07, 6.45) is 0. The Morgan fingerprint density at radius 2 is 2.20 bits per heavy atom. The average Bonchev–Trinajstić information content (AvgIpc) is 3.03. The van der Waals surface area contributed by atoms with Crippen LogP contribution in [0.4, 0.5) is 5.82 Å². The molecule has 0 saturated heterocycles. The number of aryl methyl sites for hydroxylation is 1. The number of carbonyl (C=O) groups excluding carboxylic acids is 1. The fourth-order valence-corrected chi connectivity index (χ4v) is 2.70. The Bertz CT molecular complexity index is 806. The molecule has 0 aliphatic rings. The second kappa shape index (κ2) is 4.61. The molecule has 3 heterocycles. The molecule has 0 aliphatic carbocycles. The number of nitrogens with zero attached hydrogens (tertiary/aromatic N) is 3. The Kier molecular flexibility index (Phi) is 2.90. The van der Waals surface area contributed by atoms with Gasteiger partial charge in [0.2, 0.25) is 0 Å². The lowest BCUT2D eigenvalue weighted by Gasteiger charge is -2.01. The lowest BCUT2D eigenvalue weighted by molar-refractivity contribution is 0.0601. The minimum Gasteiger partial charge on any atom is -0.465 e. The van der Waals surface area contributed by atoms with Gasteiger partial charge in [-0.05, 0) is 31.2 Å². The van der Waals surface area contributed by atoms with Gasteiger partial charge < -0.3 is 10.5 Å². The summed E-state index contributed by atoms with van der Waals surface area (Å²) in [4.78, 5) is 18.1. The molecule has 0 fully saturated rings. The zero-order chi connectivity index (χ0) is 14.3. The molecule has 0 bridgehead atoms. The van der Waals surface area contributed by atoms with Crippen molar-refractivity contribution in [3.05, 3.63) is 34.7 Å². The number of aromatic nitrogens is 3. The molecule has 0 unspecified atom stereocenters. The molecule has 3 aromatic rings. The van der Waals surface area contributed by atoms with Crippen molar-refractivity contribution in [1.82, 2.24) is 14.6 Å². The summed E-state index contributed by atoms with van der Waals surface area (Å²) in [5.74, 6) is 0.488. The van der Waals surface area contributed by atoms with Crippen molar-refractivity contribution in [2.45, 2.75) is 6.92 Å². The van der Waals surface area contributed by atoms with Crippen LogP contribution in [0.5, 0.6) is 0 Å². The van der Waals surface area contributed by atoms with Gasteiger partial charge in [-0.3, -0.25) is 0 Å². The second-order valence-corrected chi connectivity index (χ2v) is 5.56. The molecular weight excluding hydrogens is 276 g/mol. The number of nitrogens with two attached hydrogens (primary N) is 1. The summed E-state index contributed by atoms with van der Waals surface area (Å²) in [7, 11) is 1.33. The smallest absolute Gasteiger partial charge is 0.338 e. The van der Waals surface area contributed by atoms with Crippen molar-refractivity contribution in [3.63, 3.8) is 0 Å². The predicted molar refractivity (Wildman–Crippen MR) is 76.8 cm³/mol. The molecule has 6 nitrogen and oxygen atoms in total. The summed E-state index contributed by atoms with van der Waals surface area (Å²) in [5, 5.41) is 4.36. The van der Waals surface area contributed by atoms with E-state index in [9.17, 15) is 4.79 Å². The zero-order valence-corrected chi connectivity index (χ0v) is 11.8. The number of ether oxygens (including phenoxy) is 1. The van der Waals surface area contributed by atoms with E-state index < -0.39 is 5.97 Å². The molecule has 3 aromatic heterocycles. The first-order chi connectivity index (χ1) is 9.58. The van der Waals surface area contributed by atoms with E-state index in [1.54, 1.807) is 17.4 Å². The summed E-state index contributed by atoms with van der Waals surface area (Å²) in [6, 6.07) is 7.11. The number of nitrogen functional groups attached to an aromatic ring is 1. The van der Waals surface area contributed by atoms with E-state index in [1.165, 1.54) is 22.6 Å². The van der Waals surface area contributed by atoms with Crippen LogP contribution in [0.1, 0.15) is 15.2 Å². The van der Waals surface area contributed by atoms with Gasteiger partial charge in [0.05, 0.1) is 17.6 Å². The summed E-state index contributed by atoms with van der Waals surface area (Å²) < 4.78 is 6.20. The summed E-state index contributed by atoms with van der Waals surface area (Å²) in [6.45, 7) is 2.02. The highest BCUT2D eigenvalue weighted by atomic mass is 32.1. The van der Waals surface area contributed by atoms with Crippen molar-refractivity contribution >= 4 is 28.8 Å². The molecule has 0 aliphatic heterocycles. The van der Waals surface area contributed by atoms with E-state index >= 15 is 0 Å². The number of methoxy groups -OCH3 is 1. The van der Waals surface area contributed by atoms with E-state index in [2.05, 4.69) is 14.8 Å². The number of pyridine rings is 1. The van der Waals surface area contributed by atoms with E-state index in [0.717, 1.165) is 4.88 Å². The van der Waals surface area contributed by atoms with Crippen molar-refractivity contribution in [1.29, 1.82) is 0 Å². The van der Waals surface area contributed by atoms with Gasteiger partial charge in [0.15, 0.2) is 11.5 Å². The van der Waals surface area contributed by atoms with Crippen LogP contribution < -0.4 is 5.73 Å². The SMILES string of the molecule is COC(=O)c1cc(N)n2nc(-c3ccc(C)s3)nc2c1. The quantitative estimate of drug-likeness (QED) is 0.730. The van der Waals surface area contributed by atoms with Crippen LogP contribution in [0.25, 0.3) is 16.3 Å². The maximum absolute atomic E-state index is 11.6. The second-order valence-electron chi connectivity index (χ2n) is 4.28. The third-order valence-corrected chi connectivity index (χ3v) is 3.84. The topological polar surface area (TPSA) is 82.5 Å². The van der Waals surface area contributed by atoms with Gasteiger partial charge >= 0.3 is 5.97 Å². The van der Waals surface area contributed by atoms with Gasteiger partial charge in [-0.15, -0.1) is 16.4 Å². The molecule has 0 amide bonds. The Morgan fingerprint density at radius 1 is 1.40 bits per heavy atom. The number of carbonyl (C=O) groups is 1. The lowest BCUT2D eigenvalue weighted by atomic mass is 10.2. The van der Waals surface area contributed by atoms with Gasteiger partial charge in [-0.25, -0.2) is 9.78 Å². The standard InChI is InChI=1S/C13H12N4O2S/c1-7-3-4-9(20-7)12-15-11-6-8(13(18)19-2)5-10(14)17(11)16-12/h3-6H,14H2,1-2H3. The highest BCUT2D eigenvalue weighted by Crippen LogP contribution is 2.26. The van der Waals surface area contributed by atoms with Gasteiger partial charge in [0.1, 0.15) is 5.82 Å². The first-order valence-corrected chi connectivity index (χ1v) is 6.71. The van der Waals surface area contributed by atoms with Crippen LogP contribution in [0.2, 0.25) is 0 Å². The molecule has 0 atom stereocenters. The van der Waals surface area contributed by atoms with Crippen molar-refractivity contribution < 1.29 is 9.53 Å². The van der Waals surface area contributed by atoms with Crippen molar-refractivity contribution in [2.75, 3.05) is 12.8 Å². The van der Waals surface area contributed by atoms with Crippen molar-refractivity contribution in [2.24, 2.45) is 0 Å². The third-order valence-electron chi connectivity index (χ3n) is 2.85. The molecule has 2 N–H and O–H groups in total. The monoisotopic (exact) mass is 288 g/mol. The molecule has 3 rings (SSSR count). The molecule has 102 valence electrons. The Balaban J connectivity index is 2.15. The molecular formula is C13H12N4O2S. The average molecular weight is 288 g/mol. The number of thiophene rings is 1. The molecule has 0 spiro atoms. The minimum atomic E-state index is -0.448. The first-order valence-electron chi connectivity index (χ1n) is 5.90. The van der Waals surface area contributed by atoms with Gasteiger partial charge in [-0.1, -0.05) is 0 Å². The largest absolute Gasteiger partial charge is 0.465 e. The van der Waals surface area contributed by atoms with E-state index in [-0.39, 0.29) is 0 Å². The number of anilines is 1. The number of hydrogen-bond donors (Lipinski definition) is 1. The van der Waals surface area contributed by atoms with Crippen LogP contribution in [0, 0.1) is 6.92 Å². The number of esters is 1. The highest BCUT2D eigenvalue weighted by molar-refractivity contribution is 7.15. The van der Waals surface area contributed by atoms with Gasteiger partial charge in [0.25, 0.3) is 0 Å². The minimum absolute atomic E-state index is 0.343. The Labute approximate surface area is 118 Å².